The highest BCUT2D eigenvalue weighted by Crippen LogP contribution is 2.40. The summed E-state index contributed by atoms with van der Waals surface area (Å²) in [5.41, 5.74) is 0.356. The van der Waals surface area contributed by atoms with Gasteiger partial charge < -0.3 is 9.66 Å². The number of carbonyl (C=O) groups is 1. The number of aromatic carboxylic acids is 1. The lowest BCUT2D eigenvalue weighted by Crippen LogP contribution is -2.21. The molecule has 1 unspecified atom stereocenters. The van der Waals surface area contributed by atoms with Crippen LogP contribution in [0.5, 0.6) is 0 Å². The fourth-order valence-electron chi connectivity index (χ4n) is 2.33. The fourth-order valence-corrected chi connectivity index (χ4v) is 3.94. The molecule has 2 heterocycles. The number of anilines is 2. The third-order valence-electron chi connectivity index (χ3n) is 3.49. The molecule has 27 heavy (non-hydrogen) atoms. The highest BCUT2D eigenvalue weighted by atomic mass is 32.2. The summed E-state index contributed by atoms with van der Waals surface area (Å²) in [6.07, 6.45) is 1.39. The summed E-state index contributed by atoms with van der Waals surface area (Å²) in [6.45, 7) is 0. The van der Waals surface area contributed by atoms with E-state index in [4.69, 9.17) is 0 Å². The van der Waals surface area contributed by atoms with Gasteiger partial charge in [-0.3, -0.25) is 18.6 Å². The van der Waals surface area contributed by atoms with Crippen LogP contribution in [0, 0.1) is 10.1 Å². The van der Waals surface area contributed by atoms with Crippen molar-refractivity contribution in [3.8, 4) is 10.4 Å². The van der Waals surface area contributed by atoms with Gasteiger partial charge in [0, 0.05) is 23.2 Å². The number of nitrogens with zero attached hydrogens (tertiary/aromatic N) is 3. The van der Waals surface area contributed by atoms with Crippen molar-refractivity contribution in [2.24, 2.45) is 0 Å². The van der Waals surface area contributed by atoms with E-state index in [9.17, 15) is 28.8 Å². The Morgan fingerprint density at radius 3 is 2.44 bits per heavy atom. The zero-order valence-electron chi connectivity index (χ0n) is 13.3. The number of benzene rings is 1. The summed E-state index contributed by atoms with van der Waals surface area (Å²) >= 11 is -1.95. The highest BCUT2D eigenvalue weighted by Gasteiger charge is 2.24. The van der Waals surface area contributed by atoms with Crippen LogP contribution >= 0.6 is 11.3 Å². The van der Waals surface area contributed by atoms with Crippen LogP contribution in [0.25, 0.3) is 10.4 Å². The van der Waals surface area contributed by atoms with Crippen LogP contribution in [0.2, 0.25) is 0 Å². The molecule has 0 aliphatic carbocycles. The number of thiophene rings is 1. The maximum Gasteiger partial charge on any atom is 0.348 e. The minimum atomic E-state index is -2.81. The van der Waals surface area contributed by atoms with Crippen molar-refractivity contribution in [1.29, 1.82) is 0 Å². The van der Waals surface area contributed by atoms with Crippen LogP contribution in [-0.2, 0) is 11.3 Å². The number of carboxylic acids is 1. The van der Waals surface area contributed by atoms with E-state index >= 15 is 0 Å². The molecule has 3 aromatic rings. The molecule has 9 nitrogen and oxygen atoms in total. The van der Waals surface area contributed by atoms with Gasteiger partial charge in [-0.2, -0.15) is 0 Å². The van der Waals surface area contributed by atoms with Gasteiger partial charge in [0.1, 0.15) is 10.7 Å². The number of hydrogen-bond acceptors (Lipinski definition) is 7. The van der Waals surface area contributed by atoms with Crippen molar-refractivity contribution >= 4 is 45.8 Å². The standard InChI is InChI=1S/C16H11N3O6S2/c20-16(21)15-12(18(27(24)25)14-3-1-2-8-17-14)9-13(26-15)10-4-6-11(7-5-10)19(22)23/h1-9H,(H,20,21)(H,24,25)/p-1. The second kappa shape index (κ2) is 7.61. The molecule has 0 radical (unpaired) electrons. The van der Waals surface area contributed by atoms with Gasteiger partial charge in [0.05, 0.1) is 21.9 Å². The molecule has 0 saturated carbocycles. The number of non-ortho nitro benzene ring substituents is 1. The molecule has 0 amide bonds. The molecule has 11 heteroatoms. The number of aromatic nitrogens is 1. The Bertz CT molecular complexity index is 1020. The summed E-state index contributed by atoms with van der Waals surface area (Å²) in [7, 11) is 0. The van der Waals surface area contributed by atoms with Crippen LogP contribution in [0.4, 0.5) is 17.2 Å². The second-order valence-electron chi connectivity index (χ2n) is 5.13. The summed E-state index contributed by atoms with van der Waals surface area (Å²) in [5, 5.41) is 20.3. The number of carboxylic acid groups (broad SMARTS) is 1. The third kappa shape index (κ3) is 3.84. The Balaban J connectivity index is 2.11. The SMILES string of the molecule is O=C(O)c1sc(-c2ccc([N+](=O)[O-])cc2)cc1N(c1ccccn1)S(=O)[O-]. The zero-order valence-corrected chi connectivity index (χ0v) is 15.0. The number of pyridine rings is 1. The molecule has 1 aromatic carbocycles. The van der Waals surface area contributed by atoms with E-state index in [1.807, 2.05) is 0 Å². The maximum absolute atomic E-state index is 11.8. The molecule has 0 bridgehead atoms. The van der Waals surface area contributed by atoms with E-state index in [1.165, 1.54) is 42.6 Å². The van der Waals surface area contributed by atoms with Crippen molar-refractivity contribution in [3.05, 3.63) is 69.7 Å². The monoisotopic (exact) mass is 404 g/mol. The summed E-state index contributed by atoms with van der Waals surface area (Å²) in [4.78, 5) is 26.1. The molecule has 138 valence electrons. The first-order valence-electron chi connectivity index (χ1n) is 7.31. The number of hydrogen-bond donors (Lipinski definition) is 1. The predicted octanol–water partition coefficient (Wildman–Crippen LogP) is 3.35. The zero-order chi connectivity index (χ0) is 19.6. The van der Waals surface area contributed by atoms with Crippen LogP contribution in [-0.4, -0.2) is 29.7 Å². The fraction of sp³-hybridized carbons (Fsp3) is 0. The lowest BCUT2D eigenvalue weighted by atomic mass is 10.1. The van der Waals surface area contributed by atoms with E-state index in [0.717, 1.165) is 15.6 Å². The van der Waals surface area contributed by atoms with E-state index < -0.39 is 22.2 Å². The van der Waals surface area contributed by atoms with E-state index in [2.05, 4.69) is 4.98 Å². The Labute approximate surface area is 159 Å². The van der Waals surface area contributed by atoms with E-state index in [0.29, 0.717) is 10.4 Å². The van der Waals surface area contributed by atoms with Crippen LogP contribution in [0.1, 0.15) is 9.67 Å². The van der Waals surface area contributed by atoms with Gasteiger partial charge in [-0.05, 0) is 35.9 Å². The van der Waals surface area contributed by atoms with Crippen LogP contribution in [0.3, 0.4) is 0 Å². The molecule has 0 fully saturated rings. The number of nitro benzene ring substituents is 1. The minimum Gasteiger partial charge on any atom is -0.755 e. The van der Waals surface area contributed by atoms with Crippen LogP contribution < -0.4 is 4.31 Å². The van der Waals surface area contributed by atoms with E-state index in [1.54, 1.807) is 12.1 Å². The average Bonchev–Trinajstić information content (AvgIpc) is 3.07. The average molecular weight is 404 g/mol. The predicted molar refractivity (Wildman–Crippen MR) is 98.7 cm³/mol. The van der Waals surface area contributed by atoms with Gasteiger partial charge in [0.25, 0.3) is 5.69 Å². The molecule has 3 rings (SSSR count). The number of rotatable bonds is 6. The first-order chi connectivity index (χ1) is 12.9. The highest BCUT2D eigenvalue weighted by molar-refractivity contribution is 7.81. The van der Waals surface area contributed by atoms with Gasteiger partial charge in [-0.1, -0.05) is 6.07 Å². The Morgan fingerprint density at radius 1 is 1.22 bits per heavy atom. The lowest BCUT2D eigenvalue weighted by Gasteiger charge is -2.24. The summed E-state index contributed by atoms with van der Waals surface area (Å²) < 4.78 is 24.3. The quantitative estimate of drug-likeness (QED) is 0.378. The van der Waals surface area contributed by atoms with Crippen molar-refractivity contribution in [3.63, 3.8) is 0 Å². The maximum atomic E-state index is 11.8. The van der Waals surface area contributed by atoms with Crippen LogP contribution in [0.15, 0.2) is 54.7 Å². The van der Waals surface area contributed by atoms with Gasteiger partial charge >= 0.3 is 5.97 Å². The first kappa shape index (κ1) is 18.6. The largest absolute Gasteiger partial charge is 0.755 e. The molecule has 2 aromatic heterocycles. The Morgan fingerprint density at radius 2 is 1.93 bits per heavy atom. The van der Waals surface area contributed by atoms with Crippen molar-refractivity contribution in [1.82, 2.24) is 4.98 Å². The molecule has 1 N–H and O–H groups in total. The van der Waals surface area contributed by atoms with Gasteiger partial charge in [0.2, 0.25) is 0 Å². The van der Waals surface area contributed by atoms with Crippen molar-refractivity contribution in [2.75, 3.05) is 4.31 Å². The minimum absolute atomic E-state index is 0.0429. The van der Waals surface area contributed by atoms with Crippen molar-refractivity contribution in [2.45, 2.75) is 0 Å². The molecule has 0 aliphatic rings. The number of nitro groups is 1. The van der Waals surface area contributed by atoms with Crippen molar-refractivity contribution < 1.29 is 23.6 Å². The van der Waals surface area contributed by atoms with E-state index in [-0.39, 0.29) is 22.1 Å². The summed E-state index contributed by atoms with van der Waals surface area (Å²) in [5.74, 6) is -1.25. The second-order valence-corrected chi connectivity index (χ2v) is 6.99. The third-order valence-corrected chi connectivity index (χ3v) is 5.34. The molecular weight excluding hydrogens is 394 g/mol. The Kier molecular flexibility index (Phi) is 5.26. The normalized spacial score (nSPS) is 11.7. The molecule has 1 atom stereocenters. The van der Waals surface area contributed by atoms with Gasteiger partial charge in [-0.25, -0.2) is 9.78 Å². The summed E-state index contributed by atoms with van der Waals surface area (Å²) in [6, 6.07) is 11.5. The van der Waals surface area contributed by atoms with Gasteiger partial charge in [-0.15, -0.1) is 11.3 Å². The topological polar surface area (TPSA) is 137 Å². The lowest BCUT2D eigenvalue weighted by molar-refractivity contribution is -0.384. The smallest absolute Gasteiger partial charge is 0.348 e. The first-order valence-corrected chi connectivity index (χ1v) is 9.16. The molecular formula is C16H10N3O6S2-. The molecule has 0 spiro atoms. The molecule has 0 aliphatic heterocycles. The Hall–Kier alpha value is -3.15. The molecule has 0 saturated heterocycles. The van der Waals surface area contributed by atoms with Gasteiger partial charge in [0.15, 0.2) is 0 Å².